The second-order valence-electron chi connectivity index (χ2n) is 5.33. The summed E-state index contributed by atoms with van der Waals surface area (Å²) in [7, 11) is 0. The normalized spacial score (nSPS) is 22.3. The Kier molecular flexibility index (Phi) is 5.41. The number of ether oxygens (including phenoxy) is 1. The zero-order valence-corrected chi connectivity index (χ0v) is 12.1. The van der Waals surface area contributed by atoms with Gasteiger partial charge >= 0.3 is 5.97 Å². The molecule has 1 aromatic rings. The highest BCUT2D eigenvalue weighted by Gasteiger charge is 2.23. The SMILES string of the molecule is CCOC(=O)c1cccc(NC2CCCCC2CN)c1. The number of esters is 1. The lowest BCUT2D eigenvalue weighted by molar-refractivity contribution is 0.0526. The maximum absolute atomic E-state index is 11.7. The molecule has 2 atom stereocenters. The Balaban J connectivity index is 2.05. The Morgan fingerprint density at radius 2 is 2.20 bits per heavy atom. The van der Waals surface area contributed by atoms with Crippen LogP contribution in [0.2, 0.25) is 0 Å². The monoisotopic (exact) mass is 276 g/mol. The summed E-state index contributed by atoms with van der Waals surface area (Å²) in [6, 6.07) is 7.93. The molecule has 0 radical (unpaired) electrons. The highest BCUT2D eigenvalue weighted by molar-refractivity contribution is 5.90. The van der Waals surface area contributed by atoms with E-state index in [2.05, 4.69) is 5.32 Å². The lowest BCUT2D eigenvalue weighted by Gasteiger charge is -2.32. The van der Waals surface area contributed by atoms with Crippen molar-refractivity contribution >= 4 is 11.7 Å². The van der Waals surface area contributed by atoms with Crippen molar-refractivity contribution in [1.82, 2.24) is 0 Å². The van der Waals surface area contributed by atoms with Crippen LogP contribution in [0.3, 0.4) is 0 Å². The van der Waals surface area contributed by atoms with Gasteiger partial charge in [-0.1, -0.05) is 18.9 Å². The molecule has 0 amide bonds. The van der Waals surface area contributed by atoms with Crippen molar-refractivity contribution in [1.29, 1.82) is 0 Å². The van der Waals surface area contributed by atoms with Crippen LogP contribution in [0, 0.1) is 5.92 Å². The fourth-order valence-electron chi connectivity index (χ4n) is 2.84. The van der Waals surface area contributed by atoms with Crippen molar-refractivity contribution < 1.29 is 9.53 Å². The summed E-state index contributed by atoms with van der Waals surface area (Å²) in [6.07, 6.45) is 4.84. The van der Waals surface area contributed by atoms with Crippen LogP contribution in [0.1, 0.15) is 43.0 Å². The van der Waals surface area contributed by atoms with E-state index in [1.807, 2.05) is 25.1 Å². The molecule has 0 heterocycles. The minimum absolute atomic E-state index is 0.268. The summed E-state index contributed by atoms with van der Waals surface area (Å²) in [5, 5.41) is 3.53. The highest BCUT2D eigenvalue weighted by atomic mass is 16.5. The molecule has 0 bridgehead atoms. The van der Waals surface area contributed by atoms with Crippen molar-refractivity contribution in [3.8, 4) is 0 Å². The quantitative estimate of drug-likeness (QED) is 0.812. The van der Waals surface area contributed by atoms with Crippen LogP contribution in [0.4, 0.5) is 5.69 Å². The van der Waals surface area contributed by atoms with Gasteiger partial charge in [0.25, 0.3) is 0 Å². The standard InChI is InChI=1S/C16H24N2O2/c1-2-20-16(19)12-7-5-8-14(10-12)18-15-9-4-3-6-13(15)11-17/h5,7-8,10,13,15,18H,2-4,6,9,11,17H2,1H3. The summed E-state index contributed by atoms with van der Waals surface area (Å²) < 4.78 is 5.03. The van der Waals surface area contributed by atoms with Crippen molar-refractivity contribution in [2.45, 2.75) is 38.6 Å². The van der Waals surface area contributed by atoms with E-state index in [4.69, 9.17) is 10.5 Å². The number of hydrogen-bond acceptors (Lipinski definition) is 4. The van der Waals surface area contributed by atoms with E-state index < -0.39 is 0 Å². The molecular formula is C16H24N2O2. The molecule has 1 saturated carbocycles. The number of carbonyl (C=O) groups excluding carboxylic acids is 1. The molecule has 0 saturated heterocycles. The number of benzene rings is 1. The lowest BCUT2D eigenvalue weighted by Crippen LogP contribution is -2.36. The van der Waals surface area contributed by atoms with Gasteiger partial charge in [-0.2, -0.15) is 0 Å². The molecule has 110 valence electrons. The number of nitrogens with two attached hydrogens (primary N) is 1. The van der Waals surface area contributed by atoms with Gasteiger partial charge in [0.15, 0.2) is 0 Å². The van der Waals surface area contributed by atoms with Crippen LogP contribution < -0.4 is 11.1 Å². The first kappa shape index (κ1) is 14.9. The van der Waals surface area contributed by atoms with E-state index >= 15 is 0 Å². The predicted octanol–water partition coefficient (Wildman–Crippen LogP) is 2.79. The number of hydrogen-bond donors (Lipinski definition) is 2. The van der Waals surface area contributed by atoms with Gasteiger partial charge in [0, 0.05) is 11.7 Å². The van der Waals surface area contributed by atoms with E-state index in [1.165, 1.54) is 19.3 Å². The third-order valence-electron chi connectivity index (χ3n) is 3.94. The Morgan fingerprint density at radius 3 is 2.95 bits per heavy atom. The number of rotatable bonds is 5. The second-order valence-corrected chi connectivity index (χ2v) is 5.33. The maximum Gasteiger partial charge on any atom is 0.338 e. The van der Waals surface area contributed by atoms with Crippen LogP contribution in [0.15, 0.2) is 24.3 Å². The first-order chi connectivity index (χ1) is 9.74. The number of carbonyl (C=O) groups is 1. The van der Waals surface area contributed by atoms with Crippen LogP contribution in [0.25, 0.3) is 0 Å². The van der Waals surface area contributed by atoms with Gasteiger partial charge in [-0.15, -0.1) is 0 Å². The molecule has 0 spiro atoms. The van der Waals surface area contributed by atoms with E-state index in [1.54, 1.807) is 6.07 Å². The maximum atomic E-state index is 11.7. The molecule has 0 aromatic heterocycles. The molecule has 4 nitrogen and oxygen atoms in total. The Hall–Kier alpha value is -1.55. The van der Waals surface area contributed by atoms with Gasteiger partial charge in [-0.3, -0.25) is 0 Å². The van der Waals surface area contributed by atoms with E-state index in [9.17, 15) is 4.79 Å². The summed E-state index contributed by atoms with van der Waals surface area (Å²) in [4.78, 5) is 11.7. The number of nitrogens with one attached hydrogen (secondary N) is 1. The van der Waals surface area contributed by atoms with Crippen molar-refractivity contribution in [2.75, 3.05) is 18.5 Å². The molecule has 2 unspecified atom stereocenters. The number of anilines is 1. The molecule has 4 heteroatoms. The molecule has 1 fully saturated rings. The minimum Gasteiger partial charge on any atom is -0.462 e. The van der Waals surface area contributed by atoms with Crippen molar-refractivity contribution in [3.63, 3.8) is 0 Å². The molecule has 1 aliphatic rings. The molecule has 3 N–H and O–H groups in total. The first-order valence-electron chi connectivity index (χ1n) is 7.48. The Labute approximate surface area is 120 Å². The average molecular weight is 276 g/mol. The minimum atomic E-state index is -0.268. The van der Waals surface area contributed by atoms with E-state index in [-0.39, 0.29) is 5.97 Å². The second kappa shape index (κ2) is 7.29. The van der Waals surface area contributed by atoms with Gasteiger partial charge < -0.3 is 15.8 Å². The summed E-state index contributed by atoms with van der Waals surface area (Å²) in [5.74, 6) is 0.255. The molecular weight excluding hydrogens is 252 g/mol. The van der Waals surface area contributed by atoms with Gasteiger partial charge in [0.2, 0.25) is 0 Å². The fourth-order valence-corrected chi connectivity index (χ4v) is 2.84. The largest absolute Gasteiger partial charge is 0.462 e. The summed E-state index contributed by atoms with van der Waals surface area (Å²) in [6.45, 7) is 2.93. The summed E-state index contributed by atoms with van der Waals surface area (Å²) >= 11 is 0. The zero-order chi connectivity index (χ0) is 14.4. The van der Waals surface area contributed by atoms with Crippen molar-refractivity contribution in [2.24, 2.45) is 11.7 Å². The third kappa shape index (κ3) is 3.73. The lowest BCUT2D eigenvalue weighted by atomic mass is 9.84. The first-order valence-corrected chi connectivity index (χ1v) is 7.48. The molecule has 1 aliphatic carbocycles. The molecule has 2 rings (SSSR count). The fraction of sp³-hybridized carbons (Fsp3) is 0.562. The van der Waals surface area contributed by atoms with Gasteiger partial charge in [0.05, 0.1) is 12.2 Å². The predicted molar refractivity (Wildman–Crippen MR) is 80.8 cm³/mol. The molecule has 20 heavy (non-hydrogen) atoms. The van der Waals surface area contributed by atoms with Gasteiger partial charge in [0.1, 0.15) is 0 Å². The third-order valence-corrected chi connectivity index (χ3v) is 3.94. The van der Waals surface area contributed by atoms with Crippen LogP contribution in [-0.4, -0.2) is 25.2 Å². The molecule has 1 aromatic carbocycles. The van der Waals surface area contributed by atoms with Gasteiger partial charge in [-0.05, 0) is 50.4 Å². The smallest absolute Gasteiger partial charge is 0.338 e. The summed E-state index contributed by atoms with van der Waals surface area (Å²) in [5.41, 5.74) is 7.42. The van der Waals surface area contributed by atoms with Crippen molar-refractivity contribution in [3.05, 3.63) is 29.8 Å². The molecule has 0 aliphatic heterocycles. The highest BCUT2D eigenvalue weighted by Crippen LogP contribution is 2.26. The van der Waals surface area contributed by atoms with Crippen LogP contribution >= 0.6 is 0 Å². The average Bonchev–Trinajstić information content (AvgIpc) is 2.48. The van der Waals surface area contributed by atoms with E-state index in [0.717, 1.165) is 18.7 Å². The van der Waals surface area contributed by atoms with Crippen LogP contribution in [-0.2, 0) is 4.74 Å². The van der Waals surface area contributed by atoms with E-state index in [0.29, 0.717) is 24.1 Å². The Bertz CT molecular complexity index is 448. The van der Waals surface area contributed by atoms with Gasteiger partial charge in [-0.25, -0.2) is 4.79 Å². The zero-order valence-electron chi connectivity index (χ0n) is 12.1. The topological polar surface area (TPSA) is 64.3 Å². The van der Waals surface area contributed by atoms with Crippen LogP contribution in [0.5, 0.6) is 0 Å². The Morgan fingerprint density at radius 1 is 1.40 bits per heavy atom.